The molecule has 7 rings (SSSR count). The smallest absolute Gasteiger partial charge is 0.186 e. The van der Waals surface area contributed by atoms with Crippen LogP contribution in [-0.4, -0.2) is 36.5 Å². The SMILES string of the molecule is COc1cccc(C(=O)[C@@H]2[C@H](c3ccc(Br)cc3)C3(C(=O)c4ccccc4C3=O)[C@H]3C=Cc4ccccc4N23)c1. The van der Waals surface area contributed by atoms with Crippen molar-refractivity contribution in [1.29, 1.82) is 0 Å². The summed E-state index contributed by atoms with van der Waals surface area (Å²) >= 11 is 3.52. The molecule has 6 heteroatoms. The fourth-order valence-electron chi connectivity index (χ4n) is 6.91. The van der Waals surface area contributed by atoms with Crippen LogP contribution in [0.25, 0.3) is 6.08 Å². The number of methoxy groups -OCH3 is 1. The van der Waals surface area contributed by atoms with Gasteiger partial charge in [-0.05, 0) is 41.5 Å². The van der Waals surface area contributed by atoms with E-state index in [1.165, 1.54) is 0 Å². The summed E-state index contributed by atoms with van der Waals surface area (Å²) in [4.78, 5) is 46.0. The molecule has 0 unspecified atom stereocenters. The van der Waals surface area contributed by atoms with Gasteiger partial charge in [0.15, 0.2) is 17.3 Å². The van der Waals surface area contributed by atoms with Crippen molar-refractivity contribution in [3.05, 3.63) is 135 Å². The van der Waals surface area contributed by atoms with Gasteiger partial charge in [0, 0.05) is 32.8 Å². The molecule has 0 amide bonds. The Morgan fingerprint density at radius 2 is 1.52 bits per heavy atom. The number of hydrogen-bond acceptors (Lipinski definition) is 5. The molecule has 0 aromatic heterocycles. The molecule has 3 atom stereocenters. The Bertz CT molecular complexity index is 1710. The van der Waals surface area contributed by atoms with Crippen LogP contribution in [-0.2, 0) is 0 Å². The number of carbonyl (C=O) groups excluding carboxylic acids is 3. The number of para-hydroxylation sites is 1. The zero-order chi connectivity index (χ0) is 27.6. The van der Waals surface area contributed by atoms with Crippen molar-refractivity contribution in [2.45, 2.75) is 18.0 Å². The fraction of sp³-hybridized carbons (Fsp3) is 0.147. The second-order valence-electron chi connectivity index (χ2n) is 10.4. The van der Waals surface area contributed by atoms with E-state index >= 15 is 0 Å². The van der Waals surface area contributed by atoms with E-state index in [-0.39, 0.29) is 17.3 Å². The lowest BCUT2D eigenvalue weighted by molar-refractivity contribution is 0.0666. The lowest BCUT2D eigenvalue weighted by atomic mass is 9.64. The highest BCUT2D eigenvalue weighted by Gasteiger charge is 2.71. The summed E-state index contributed by atoms with van der Waals surface area (Å²) in [6.07, 6.45) is 3.91. The molecule has 0 saturated carbocycles. The molecule has 0 bridgehead atoms. The van der Waals surface area contributed by atoms with Crippen molar-refractivity contribution in [2.24, 2.45) is 5.41 Å². The minimum atomic E-state index is -1.51. The van der Waals surface area contributed by atoms with E-state index in [2.05, 4.69) is 15.9 Å². The first-order valence-corrected chi connectivity index (χ1v) is 13.9. The molecule has 1 fully saturated rings. The highest BCUT2D eigenvalue weighted by molar-refractivity contribution is 9.10. The molecule has 1 aliphatic carbocycles. The van der Waals surface area contributed by atoms with Gasteiger partial charge in [0.05, 0.1) is 13.2 Å². The molecule has 2 heterocycles. The van der Waals surface area contributed by atoms with Crippen LogP contribution in [0.4, 0.5) is 5.69 Å². The summed E-state index contributed by atoms with van der Waals surface area (Å²) in [6, 6.07) is 28.1. The number of nitrogens with zero attached hydrogens (tertiary/aromatic N) is 1. The van der Waals surface area contributed by atoms with Crippen LogP contribution in [0.15, 0.2) is 108 Å². The Labute approximate surface area is 240 Å². The Hall–Kier alpha value is -4.29. The maximum absolute atomic E-state index is 14.7. The average molecular weight is 590 g/mol. The van der Waals surface area contributed by atoms with Crippen molar-refractivity contribution in [2.75, 3.05) is 12.0 Å². The summed E-state index contributed by atoms with van der Waals surface area (Å²) < 4.78 is 6.30. The van der Waals surface area contributed by atoms with E-state index < -0.39 is 23.4 Å². The first kappa shape index (κ1) is 24.7. The lowest BCUT2D eigenvalue weighted by Crippen LogP contribution is -2.48. The third-order valence-corrected chi connectivity index (χ3v) is 9.09. The predicted octanol–water partition coefficient (Wildman–Crippen LogP) is 6.77. The molecule has 0 N–H and O–H groups in total. The molecule has 4 aromatic rings. The molecule has 2 aliphatic heterocycles. The van der Waals surface area contributed by atoms with Crippen molar-refractivity contribution >= 4 is 45.0 Å². The van der Waals surface area contributed by atoms with Crippen LogP contribution in [0.2, 0.25) is 0 Å². The quantitative estimate of drug-likeness (QED) is 0.194. The van der Waals surface area contributed by atoms with Crippen LogP contribution >= 0.6 is 15.9 Å². The van der Waals surface area contributed by atoms with Gasteiger partial charge in [0.25, 0.3) is 0 Å². The number of benzene rings is 4. The Kier molecular flexibility index (Phi) is 5.65. The van der Waals surface area contributed by atoms with Crippen molar-refractivity contribution in [3.8, 4) is 5.75 Å². The van der Waals surface area contributed by atoms with Gasteiger partial charge in [-0.1, -0.05) is 94.8 Å². The number of carbonyl (C=O) groups is 3. The standard InChI is InChI=1S/C34H24BrNO4/c1-40-24-9-6-8-22(19-24)31(37)30-29(21-13-16-23(35)17-14-21)34(32(38)25-10-3-4-11-26(25)33(34)39)28-18-15-20-7-2-5-12-27(20)36(28)30/h2-19,28-30H,1H3/t28-,29+,30+/m1/s1. The van der Waals surface area contributed by atoms with Gasteiger partial charge in [0.2, 0.25) is 0 Å². The van der Waals surface area contributed by atoms with Crippen LogP contribution in [0.5, 0.6) is 5.75 Å². The molecule has 4 aromatic carbocycles. The van der Waals surface area contributed by atoms with E-state index in [1.54, 1.807) is 55.6 Å². The monoisotopic (exact) mass is 589 g/mol. The number of fused-ring (bicyclic) bond motifs is 5. The highest BCUT2D eigenvalue weighted by atomic mass is 79.9. The molecule has 3 aliphatic rings. The van der Waals surface area contributed by atoms with Gasteiger partial charge in [0.1, 0.15) is 17.2 Å². The Morgan fingerprint density at radius 1 is 0.850 bits per heavy atom. The maximum atomic E-state index is 14.7. The second-order valence-corrected chi connectivity index (χ2v) is 11.3. The average Bonchev–Trinajstić information content (AvgIpc) is 3.43. The Balaban J connectivity index is 1.54. The molecule has 5 nitrogen and oxygen atoms in total. The lowest BCUT2D eigenvalue weighted by Gasteiger charge is -2.37. The highest BCUT2D eigenvalue weighted by Crippen LogP contribution is 2.61. The van der Waals surface area contributed by atoms with E-state index in [4.69, 9.17) is 4.74 Å². The predicted molar refractivity (Wildman–Crippen MR) is 157 cm³/mol. The molecule has 1 spiro atoms. The molecular weight excluding hydrogens is 566 g/mol. The topological polar surface area (TPSA) is 63.7 Å². The van der Waals surface area contributed by atoms with E-state index in [1.807, 2.05) is 65.6 Å². The number of halogens is 1. The maximum Gasteiger partial charge on any atom is 0.186 e. The molecule has 0 radical (unpaired) electrons. The zero-order valence-corrected chi connectivity index (χ0v) is 23.2. The van der Waals surface area contributed by atoms with Gasteiger partial charge in [-0.2, -0.15) is 0 Å². The van der Waals surface area contributed by atoms with Crippen molar-refractivity contribution < 1.29 is 19.1 Å². The number of ketones is 3. The molecule has 196 valence electrons. The number of hydrogen-bond donors (Lipinski definition) is 0. The number of ether oxygens (including phenoxy) is 1. The van der Waals surface area contributed by atoms with Gasteiger partial charge in [-0.15, -0.1) is 0 Å². The number of anilines is 1. The van der Waals surface area contributed by atoms with E-state index in [9.17, 15) is 14.4 Å². The molecule has 40 heavy (non-hydrogen) atoms. The first-order chi connectivity index (χ1) is 19.5. The fourth-order valence-corrected chi connectivity index (χ4v) is 7.17. The third kappa shape index (κ3) is 3.29. The van der Waals surface area contributed by atoms with Gasteiger partial charge >= 0.3 is 0 Å². The summed E-state index contributed by atoms with van der Waals surface area (Å²) in [6.45, 7) is 0. The minimum absolute atomic E-state index is 0.171. The zero-order valence-electron chi connectivity index (χ0n) is 21.6. The Morgan fingerprint density at radius 3 is 2.23 bits per heavy atom. The molecule has 1 saturated heterocycles. The summed E-state index contributed by atoms with van der Waals surface area (Å²) in [5.74, 6) is -0.820. The second kappa shape index (κ2) is 9.14. The molecular formula is C34H24BrNO4. The van der Waals surface area contributed by atoms with Crippen molar-refractivity contribution in [1.82, 2.24) is 0 Å². The summed E-state index contributed by atoms with van der Waals surface area (Å²) in [5, 5.41) is 0. The normalized spacial score (nSPS) is 21.8. The number of Topliss-reactive ketones (excluding diaryl/α,β-unsaturated/α-hetero) is 3. The minimum Gasteiger partial charge on any atom is -0.497 e. The van der Waals surface area contributed by atoms with Gasteiger partial charge in [-0.3, -0.25) is 14.4 Å². The van der Waals surface area contributed by atoms with E-state index in [0.717, 1.165) is 21.3 Å². The first-order valence-electron chi connectivity index (χ1n) is 13.1. The summed E-state index contributed by atoms with van der Waals surface area (Å²) in [7, 11) is 1.56. The largest absolute Gasteiger partial charge is 0.497 e. The van der Waals surface area contributed by atoms with Crippen LogP contribution in [0, 0.1) is 5.41 Å². The van der Waals surface area contributed by atoms with Crippen LogP contribution in [0.3, 0.4) is 0 Å². The summed E-state index contributed by atoms with van der Waals surface area (Å²) in [5.41, 5.74) is 2.30. The van der Waals surface area contributed by atoms with Crippen LogP contribution < -0.4 is 9.64 Å². The van der Waals surface area contributed by atoms with Gasteiger partial charge < -0.3 is 9.64 Å². The number of rotatable bonds is 4. The van der Waals surface area contributed by atoms with E-state index in [0.29, 0.717) is 22.4 Å². The van der Waals surface area contributed by atoms with Crippen LogP contribution in [0.1, 0.15) is 48.1 Å². The van der Waals surface area contributed by atoms with Crippen molar-refractivity contribution in [3.63, 3.8) is 0 Å². The van der Waals surface area contributed by atoms with Gasteiger partial charge in [-0.25, -0.2) is 0 Å². The third-order valence-electron chi connectivity index (χ3n) is 8.56.